The summed E-state index contributed by atoms with van der Waals surface area (Å²) in [6, 6.07) is 0.280. The van der Waals surface area contributed by atoms with Crippen molar-refractivity contribution in [2.75, 3.05) is 5.75 Å². The van der Waals surface area contributed by atoms with Crippen molar-refractivity contribution in [1.82, 2.24) is 14.9 Å². The minimum Gasteiger partial charge on any atom is -0.352 e. The topological polar surface area (TPSA) is 64.0 Å². The fourth-order valence-electron chi connectivity index (χ4n) is 3.84. The highest BCUT2D eigenvalue weighted by Crippen LogP contribution is 2.29. The van der Waals surface area contributed by atoms with Gasteiger partial charge in [0.25, 0.3) is 5.56 Å². The Morgan fingerprint density at radius 3 is 2.79 bits per heavy atom. The second kappa shape index (κ2) is 9.44. The fourth-order valence-corrected chi connectivity index (χ4v) is 5.75. The molecule has 28 heavy (non-hydrogen) atoms. The normalized spacial score (nSPS) is 19.9. The largest absolute Gasteiger partial charge is 0.352 e. The second-order valence-corrected chi connectivity index (χ2v) is 10.0. The van der Waals surface area contributed by atoms with Crippen LogP contribution in [0.5, 0.6) is 0 Å². The molecule has 1 saturated carbocycles. The van der Waals surface area contributed by atoms with Gasteiger partial charge in [0.1, 0.15) is 4.83 Å². The van der Waals surface area contributed by atoms with Crippen molar-refractivity contribution in [2.45, 2.75) is 84.0 Å². The minimum atomic E-state index is 0.0316. The van der Waals surface area contributed by atoms with Gasteiger partial charge in [-0.25, -0.2) is 4.98 Å². The molecule has 1 N–H and O–H groups in total. The highest BCUT2D eigenvalue weighted by Gasteiger charge is 2.23. The number of unbranched alkanes of at least 4 members (excludes halogenated alkanes) is 1. The van der Waals surface area contributed by atoms with Gasteiger partial charge >= 0.3 is 0 Å². The zero-order valence-electron chi connectivity index (χ0n) is 17.3. The summed E-state index contributed by atoms with van der Waals surface area (Å²) in [5.41, 5.74) is 1.06. The summed E-state index contributed by atoms with van der Waals surface area (Å²) in [6.07, 6.45) is 6.63. The maximum Gasteiger partial charge on any atom is 0.263 e. The number of aromatic nitrogens is 2. The Balaban J connectivity index is 1.79. The maximum absolute atomic E-state index is 13.1. The summed E-state index contributed by atoms with van der Waals surface area (Å²) in [7, 11) is 0. The average Bonchev–Trinajstić information content (AvgIpc) is 2.95. The van der Waals surface area contributed by atoms with Crippen LogP contribution in [0.1, 0.15) is 62.8 Å². The molecule has 0 bridgehead atoms. The Morgan fingerprint density at radius 1 is 1.32 bits per heavy atom. The number of amides is 1. The van der Waals surface area contributed by atoms with E-state index in [2.05, 4.69) is 19.2 Å². The zero-order chi connectivity index (χ0) is 20.3. The smallest absolute Gasteiger partial charge is 0.263 e. The Hall–Kier alpha value is -1.34. The predicted octanol–water partition coefficient (Wildman–Crippen LogP) is 4.66. The molecule has 0 aliphatic heterocycles. The van der Waals surface area contributed by atoms with Crippen LogP contribution in [0.15, 0.2) is 9.95 Å². The number of carbonyl (C=O) groups is 1. The molecule has 2 aromatic heterocycles. The Bertz CT molecular complexity index is 903. The summed E-state index contributed by atoms with van der Waals surface area (Å²) < 4.78 is 1.77. The highest BCUT2D eigenvalue weighted by atomic mass is 32.2. The Kier molecular flexibility index (Phi) is 7.20. The highest BCUT2D eigenvalue weighted by molar-refractivity contribution is 7.99. The van der Waals surface area contributed by atoms with Gasteiger partial charge in [-0.1, -0.05) is 44.9 Å². The Labute approximate surface area is 175 Å². The first-order valence-electron chi connectivity index (χ1n) is 10.3. The van der Waals surface area contributed by atoms with E-state index < -0.39 is 0 Å². The van der Waals surface area contributed by atoms with Crippen molar-refractivity contribution in [3.63, 3.8) is 0 Å². The summed E-state index contributed by atoms with van der Waals surface area (Å²) >= 11 is 2.95. The monoisotopic (exact) mass is 421 g/mol. The number of thiophene rings is 1. The summed E-state index contributed by atoms with van der Waals surface area (Å²) in [5, 5.41) is 4.60. The number of hydrogen-bond donors (Lipinski definition) is 1. The van der Waals surface area contributed by atoms with Crippen molar-refractivity contribution < 1.29 is 4.79 Å². The van der Waals surface area contributed by atoms with Crippen LogP contribution in [0.3, 0.4) is 0 Å². The van der Waals surface area contributed by atoms with E-state index in [1.165, 1.54) is 31.0 Å². The molecule has 1 aliphatic rings. The number of nitrogens with one attached hydrogen (secondary N) is 1. The molecule has 5 nitrogen and oxygen atoms in total. The van der Waals surface area contributed by atoms with E-state index in [9.17, 15) is 9.59 Å². The van der Waals surface area contributed by atoms with Crippen molar-refractivity contribution in [1.29, 1.82) is 0 Å². The third-order valence-corrected chi connectivity index (χ3v) is 7.86. The summed E-state index contributed by atoms with van der Waals surface area (Å²) in [4.78, 5) is 32.3. The molecular weight excluding hydrogens is 390 g/mol. The van der Waals surface area contributed by atoms with E-state index in [0.29, 0.717) is 23.4 Å². The number of aryl methyl sites for hydroxylation is 2. The third kappa shape index (κ3) is 4.62. The first kappa shape index (κ1) is 21.4. The van der Waals surface area contributed by atoms with E-state index in [1.807, 2.05) is 13.8 Å². The Morgan fingerprint density at radius 2 is 2.07 bits per heavy atom. The van der Waals surface area contributed by atoms with E-state index >= 15 is 0 Å². The van der Waals surface area contributed by atoms with Crippen LogP contribution in [0.4, 0.5) is 0 Å². The molecule has 1 fully saturated rings. The lowest BCUT2D eigenvalue weighted by Crippen LogP contribution is -2.41. The van der Waals surface area contributed by atoms with Gasteiger partial charge in [-0.15, -0.1) is 11.3 Å². The van der Waals surface area contributed by atoms with Crippen molar-refractivity contribution in [3.8, 4) is 0 Å². The van der Waals surface area contributed by atoms with Crippen LogP contribution in [-0.2, 0) is 11.3 Å². The van der Waals surface area contributed by atoms with Crippen LogP contribution in [0.25, 0.3) is 10.2 Å². The van der Waals surface area contributed by atoms with E-state index in [4.69, 9.17) is 4.98 Å². The quantitative estimate of drug-likeness (QED) is 0.521. The van der Waals surface area contributed by atoms with Gasteiger partial charge in [0.15, 0.2) is 5.16 Å². The molecule has 2 aromatic rings. The standard InChI is InChI=1S/C21H31N3O2S2/c1-5-6-11-24-20(26)18-14(3)15(4)28-19(18)23-21(24)27-12-17(25)22-16-10-8-7-9-13(16)2/h13,16H,5-12H2,1-4H3,(H,22,25). The lowest BCUT2D eigenvalue weighted by molar-refractivity contribution is -0.119. The first-order chi connectivity index (χ1) is 13.4. The van der Waals surface area contributed by atoms with Crippen LogP contribution in [-0.4, -0.2) is 27.3 Å². The third-order valence-electron chi connectivity index (χ3n) is 5.78. The first-order valence-corrected chi connectivity index (χ1v) is 12.1. The van der Waals surface area contributed by atoms with Gasteiger partial charge in [0, 0.05) is 17.5 Å². The average molecular weight is 422 g/mol. The van der Waals surface area contributed by atoms with E-state index in [0.717, 1.165) is 39.9 Å². The molecule has 2 atom stereocenters. The SMILES string of the molecule is CCCCn1c(SCC(=O)NC2CCCCC2C)nc2sc(C)c(C)c2c1=O. The van der Waals surface area contributed by atoms with Crippen LogP contribution in [0.2, 0.25) is 0 Å². The molecule has 3 rings (SSSR count). The van der Waals surface area contributed by atoms with Crippen molar-refractivity contribution in [3.05, 3.63) is 20.8 Å². The van der Waals surface area contributed by atoms with Gasteiger partial charge in [0.2, 0.25) is 5.91 Å². The van der Waals surface area contributed by atoms with Crippen molar-refractivity contribution >= 4 is 39.2 Å². The van der Waals surface area contributed by atoms with Crippen LogP contribution >= 0.6 is 23.1 Å². The molecule has 0 radical (unpaired) electrons. The van der Waals surface area contributed by atoms with Gasteiger partial charge in [-0.3, -0.25) is 14.2 Å². The van der Waals surface area contributed by atoms with Crippen molar-refractivity contribution in [2.24, 2.45) is 5.92 Å². The van der Waals surface area contributed by atoms with Crippen LogP contribution < -0.4 is 10.9 Å². The number of nitrogens with zero attached hydrogens (tertiary/aromatic N) is 2. The molecule has 7 heteroatoms. The number of thioether (sulfide) groups is 1. The molecule has 0 saturated heterocycles. The second-order valence-electron chi connectivity index (χ2n) is 7.89. The zero-order valence-corrected chi connectivity index (χ0v) is 19.0. The molecule has 1 aliphatic carbocycles. The van der Waals surface area contributed by atoms with Crippen LogP contribution in [0, 0.1) is 19.8 Å². The predicted molar refractivity (Wildman–Crippen MR) is 119 cm³/mol. The lowest BCUT2D eigenvalue weighted by atomic mass is 9.86. The molecule has 0 spiro atoms. The van der Waals surface area contributed by atoms with E-state index in [-0.39, 0.29) is 17.5 Å². The fraction of sp³-hybridized carbons (Fsp3) is 0.667. The van der Waals surface area contributed by atoms with E-state index in [1.54, 1.807) is 15.9 Å². The minimum absolute atomic E-state index is 0.0316. The van der Waals surface area contributed by atoms with Gasteiger partial charge in [-0.2, -0.15) is 0 Å². The lowest BCUT2D eigenvalue weighted by Gasteiger charge is -2.29. The molecular formula is C21H31N3O2S2. The molecule has 2 heterocycles. The number of carbonyl (C=O) groups excluding carboxylic acids is 1. The summed E-state index contributed by atoms with van der Waals surface area (Å²) in [6.45, 7) is 9.01. The molecule has 154 valence electrons. The number of fused-ring (bicyclic) bond motifs is 1. The summed E-state index contributed by atoms with van der Waals surface area (Å²) in [5.74, 6) is 0.882. The number of rotatable bonds is 7. The van der Waals surface area contributed by atoms with Gasteiger partial charge in [0.05, 0.1) is 11.1 Å². The molecule has 0 aromatic carbocycles. The van der Waals surface area contributed by atoms with Gasteiger partial charge < -0.3 is 5.32 Å². The number of hydrogen-bond acceptors (Lipinski definition) is 5. The molecule has 1 amide bonds. The maximum atomic E-state index is 13.1. The van der Waals surface area contributed by atoms with Gasteiger partial charge in [-0.05, 0) is 44.6 Å². The molecule has 2 unspecified atom stereocenters.